The normalized spacial score (nSPS) is 12.2. The highest BCUT2D eigenvalue weighted by Gasteiger charge is 2.16. The van der Waals surface area contributed by atoms with Crippen molar-refractivity contribution in [2.45, 2.75) is 26.4 Å². The Labute approximate surface area is 111 Å². The third-order valence-corrected chi connectivity index (χ3v) is 3.06. The van der Waals surface area contributed by atoms with E-state index in [0.717, 1.165) is 16.8 Å². The molecule has 5 heteroatoms. The van der Waals surface area contributed by atoms with Crippen LogP contribution in [-0.4, -0.2) is 11.1 Å². The summed E-state index contributed by atoms with van der Waals surface area (Å²) in [5.74, 6) is 0.497. The van der Waals surface area contributed by atoms with Crippen molar-refractivity contribution in [3.05, 3.63) is 52.9 Å². The molecule has 0 aliphatic carbocycles. The first-order chi connectivity index (χ1) is 9.09. The van der Waals surface area contributed by atoms with E-state index in [1.165, 1.54) is 0 Å². The number of aryl methyl sites for hydroxylation is 2. The number of nitrogens with zero attached hydrogens (tertiary/aromatic N) is 1. The van der Waals surface area contributed by atoms with E-state index < -0.39 is 6.04 Å². The monoisotopic (exact) mass is 259 g/mol. The van der Waals surface area contributed by atoms with E-state index in [1.807, 2.05) is 44.2 Å². The smallest absolute Gasteiger partial charge is 0.241 e. The molecule has 1 aromatic heterocycles. The van der Waals surface area contributed by atoms with E-state index >= 15 is 0 Å². The van der Waals surface area contributed by atoms with Gasteiger partial charge in [0.15, 0.2) is 0 Å². The molecule has 0 saturated heterocycles. The van der Waals surface area contributed by atoms with Crippen molar-refractivity contribution in [1.82, 2.24) is 10.5 Å². The zero-order valence-electron chi connectivity index (χ0n) is 11.0. The van der Waals surface area contributed by atoms with Gasteiger partial charge in [-0.1, -0.05) is 35.5 Å². The van der Waals surface area contributed by atoms with Gasteiger partial charge in [-0.05, 0) is 19.4 Å². The van der Waals surface area contributed by atoms with Crippen LogP contribution >= 0.6 is 0 Å². The van der Waals surface area contributed by atoms with Crippen LogP contribution < -0.4 is 11.1 Å². The summed E-state index contributed by atoms with van der Waals surface area (Å²) in [6.45, 7) is 4.04. The summed E-state index contributed by atoms with van der Waals surface area (Å²) >= 11 is 0. The van der Waals surface area contributed by atoms with Crippen LogP contribution in [0.25, 0.3) is 0 Å². The predicted octanol–water partition coefficient (Wildman–Crippen LogP) is 1.61. The van der Waals surface area contributed by atoms with Gasteiger partial charge in [0.05, 0.1) is 5.69 Å². The van der Waals surface area contributed by atoms with Crippen molar-refractivity contribution >= 4 is 5.91 Å². The van der Waals surface area contributed by atoms with Crippen LogP contribution in [0.2, 0.25) is 0 Å². The van der Waals surface area contributed by atoms with E-state index in [0.29, 0.717) is 12.3 Å². The molecular formula is C14H17N3O2. The summed E-state index contributed by atoms with van der Waals surface area (Å²) in [7, 11) is 0. The van der Waals surface area contributed by atoms with Crippen molar-refractivity contribution in [3.63, 3.8) is 0 Å². The van der Waals surface area contributed by atoms with Crippen LogP contribution in [0.4, 0.5) is 0 Å². The lowest BCUT2D eigenvalue weighted by Gasteiger charge is -2.12. The molecule has 1 amide bonds. The van der Waals surface area contributed by atoms with Gasteiger partial charge in [-0.2, -0.15) is 0 Å². The fourth-order valence-electron chi connectivity index (χ4n) is 1.85. The molecule has 100 valence electrons. The van der Waals surface area contributed by atoms with Gasteiger partial charge >= 0.3 is 0 Å². The second-order valence-electron chi connectivity index (χ2n) is 4.41. The Morgan fingerprint density at radius 1 is 1.37 bits per heavy atom. The Balaban J connectivity index is 1.99. The third kappa shape index (κ3) is 3.00. The summed E-state index contributed by atoms with van der Waals surface area (Å²) in [5.41, 5.74) is 8.37. The van der Waals surface area contributed by atoms with Crippen LogP contribution in [0.3, 0.4) is 0 Å². The summed E-state index contributed by atoms with van der Waals surface area (Å²) in [4.78, 5) is 12.0. The van der Waals surface area contributed by atoms with Crippen molar-refractivity contribution in [2.24, 2.45) is 5.73 Å². The number of amides is 1. The average Bonchev–Trinajstić information content (AvgIpc) is 2.75. The maximum absolute atomic E-state index is 12.0. The zero-order chi connectivity index (χ0) is 13.8. The topological polar surface area (TPSA) is 81.2 Å². The number of carbonyl (C=O) groups is 1. The van der Waals surface area contributed by atoms with Crippen LogP contribution in [0.15, 0.2) is 34.9 Å². The fraction of sp³-hybridized carbons (Fsp3) is 0.286. The maximum atomic E-state index is 12.0. The molecule has 0 aliphatic heterocycles. The second kappa shape index (κ2) is 5.67. The van der Waals surface area contributed by atoms with Gasteiger partial charge in [-0.3, -0.25) is 4.79 Å². The lowest BCUT2D eigenvalue weighted by atomic mass is 10.1. The van der Waals surface area contributed by atoms with Crippen molar-refractivity contribution < 1.29 is 9.32 Å². The van der Waals surface area contributed by atoms with Gasteiger partial charge in [-0.25, -0.2) is 0 Å². The zero-order valence-corrected chi connectivity index (χ0v) is 11.0. The minimum absolute atomic E-state index is 0.216. The highest BCUT2D eigenvalue weighted by Crippen LogP contribution is 2.13. The Morgan fingerprint density at radius 3 is 2.63 bits per heavy atom. The molecule has 0 bridgehead atoms. The van der Waals surface area contributed by atoms with Crippen LogP contribution in [0.1, 0.15) is 28.6 Å². The molecule has 1 atom stereocenters. The van der Waals surface area contributed by atoms with Gasteiger partial charge in [0, 0.05) is 12.1 Å². The number of nitrogens with one attached hydrogen (secondary N) is 1. The molecular weight excluding hydrogens is 242 g/mol. The fourth-order valence-corrected chi connectivity index (χ4v) is 1.85. The average molecular weight is 259 g/mol. The standard InChI is InChI=1S/C14H17N3O2/c1-9-12(10(2)19-17-9)8-16-14(18)13(15)11-6-4-3-5-7-11/h3-7,13H,8,15H2,1-2H3,(H,16,18). The van der Waals surface area contributed by atoms with Crippen LogP contribution in [0.5, 0.6) is 0 Å². The molecule has 0 aliphatic rings. The van der Waals surface area contributed by atoms with E-state index in [1.54, 1.807) is 0 Å². The largest absolute Gasteiger partial charge is 0.361 e. The number of hydrogen-bond donors (Lipinski definition) is 2. The number of aromatic nitrogens is 1. The molecule has 3 N–H and O–H groups in total. The lowest BCUT2D eigenvalue weighted by Crippen LogP contribution is -2.33. The number of hydrogen-bond acceptors (Lipinski definition) is 4. The van der Waals surface area contributed by atoms with Crippen molar-refractivity contribution in [1.29, 1.82) is 0 Å². The minimum atomic E-state index is -0.665. The van der Waals surface area contributed by atoms with Gasteiger partial charge in [-0.15, -0.1) is 0 Å². The molecule has 0 spiro atoms. The van der Waals surface area contributed by atoms with Crippen LogP contribution in [0, 0.1) is 13.8 Å². The molecule has 0 fully saturated rings. The Bertz CT molecular complexity index is 544. The molecule has 1 unspecified atom stereocenters. The van der Waals surface area contributed by atoms with Gasteiger partial charge in [0.2, 0.25) is 5.91 Å². The van der Waals surface area contributed by atoms with Crippen molar-refractivity contribution in [3.8, 4) is 0 Å². The van der Waals surface area contributed by atoms with Gasteiger partial charge < -0.3 is 15.6 Å². The van der Waals surface area contributed by atoms with Crippen LogP contribution in [-0.2, 0) is 11.3 Å². The number of benzene rings is 1. The summed E-state index contributed by atoms with van der Waals surface area (Å²) < 4.78 is 5.04. The molecule has 2 aromatic rings. The van der Waals surface area contributed by atoms with E-state index in [9.17, 15) is 4.79 Å². The molecule has 0 radical (unpaired) electrons. The number of nitrogens with two attached hydrogens (primary N) is 1. The van der Waals surface area contributed by atoms with E-state index in [4.69, 9.17) is 10.3 Å². The molecule has 0 saturated carbocycles. The third-order valence-electron chi connectivity index (χ3n) is 3.06. The quantitative estimate of drug-likeness (QED) is 0.874. The first-order valence-corrected chi connectivity index (χ1v) is 6.09. The van der Waals surface area contributed by atoms with Gasteiger partial charge in [0.1, 0.15) is 11.8 Å². The van der Waals surface area contributed by atoms with E-state index in [2.05, 4.69) is 10.5 Å². The lowest BCUT2D eigenvalue weighted by molar-refractivity contribution is -0.122. The summed E-state index contributed by atoms with van der Waals surface area (Å²) in [6.07, 6.45) is 0. The molecule has 5 nitrogen and oxygen atoms in total. The number of carbonyl (C=O) groups excluding carboxylic acids is 1. The Morgan fingerprint density at radius 2 is 2.05 bits per heavy atom. The molecule has 1 aromatic carbocycles. The summed E-state index contributed by atoms with van der Waals surface area (Å²) in [6, 6.07) is 8.60. The Hall–Kier alpha value is -2.14. The highest BCUT2D eigenvalue weighted by atomic mass is 16.5. The Kier molecular flexibility index (Phi) is 3.97. The SMILES string of the molecule is Cc1noc(C)c1CNC(=O)C(N)c1ccccc1. The number of rotatable bonds is 4. The maximum Gasteiger partial charge on any atom is 0.241 e. The molecule has 1 heterocycles. The van der Waals surface area contributed by atoms with Crippen molar-refractivity contribution in [2.75, 3.05) is 0 Å². The minimum Gasteiger partial charge on any atom is -0.361 e. The van der Waals surface area contributed by atoms with E-state index in [-0.39, 0.29) is 5.91 Å². The summed E-state index contributed by atoms with van der Waals surface area (Å²) in [5, 5.41) is 6.64. The molecule has 2 rings (SSSR count). The second-order valence-corrected chi connectivity index (χ2v) is 4.41. The van der Waals surface area contributed by atoms with Gasteiger partial charge in [0.25, 0.3) is 0 Å². The molecule has 19 heavy (non-hydrogen) atoms. The first-order valence-electron chi connectivity index (χ1n) is 6.09. The first kappa shape index (κ1) is 13.3. The highest BCUT2D eigenvalue weighted by molar-refractivity contribution is 5.82. The predicted molar refractivity (Wildman–Crippen MR) is 71.2 cm³/mol.